The quantitative estimate of drug-likeness (QED) is 0.386. The number of carbonyl (C=O) groups is 1. The van der Waals surface area contributed by atoms with Crippen LogP contribution in [0.2, 0.25) is 0 Å². The molecule has 0 atom stereocenters. The molecule has 19 heavy (non-hydrogen) atoms. The normalized spacial score (nSPS) is 15.8. The predicted molar refractivity (Wildman–Crippen MR) is 79.8 cm³/mol. The van der Waals surface area contributed by atoms with E-state index in [4.69, 9.17) is 4.74 Å². The van der Waals surface area contributed by atoms with Crippen LogP contribution in [0.25, 0.3) is 0 Å². The SMILES string of the molecule is CCCCCCCCC[CH]C(=O)OCC1CCCC1. The minimum Gasteiger partial charge on any atom is -0.465 e. The Balaban J connectivity index is 1.81. The number of rotatable bonds is 11. The van der Waals surface area contributed by atoms with Gasteiger partial charge in [0, 0.05) is 0 Å². The molecule has 0 aromatic carbocycles. The van der Waals surface area contributed by atoms with Crippen LogP contribution < -0.4 is 0 Å². The van der Waals surface area contributed by atoms with Crippen molar-refractivity contribution in [1.82, 2.24) is 0 Å². The van der Waals surface area contributed by atoms with Crippen molar-refractivity contribution < 1.29 is 9.53 Å². The molecule has 1 aliphatic rings. The van der Waals surface area contributed by atoms with E-state index in [0.717, 1.165) is 12.8 Å². The van der Waals surface area contributed by atoms with Crippen LogP contribution in [-0.2, 0) is 9.53 Å². The number of esters is 1. The molecule has 0 bridgehead atoms. The molecule has 0 saturated heterocycles. The summed E-state index contributed by atoms with van der Waals surface area (Å²) in [6, 6.07) is 0. The maximum Gasteiger partial charge on any atom is 0.309 e. The predicted octanol–water partition coefficient (Wildman–Crippen LogP) is 5.06. The van der Waals surface area contributed by atoms with Gasteiger partial charge in [-0.25, -0.2) is 0 Å². The molecule has 0 aliphatic heterocycles. The maximum atomic E-state index is 11.5. The Labute approximate surface area is 119 Å². The summed E-state index contributed by atoms with van der Waals surface area (Å²) in [5.74, 6) is 0.536. The molecule has 0 heterocycles. The van der Waals surface area contributed by atoms with E-state index in [1.807, 2.05) is 0 Å². The van der Waals surface area contributed by atoms with E-state index in [1.54, 1.807) is 6.42 Å². The smallest absolute Gasteiger partial charge is 0.309 e. The molecule has 0 N–H and O–H groups in total. The molecular weight excluding hydrogens is 236 g/mol. The van der Waals surface area contributed by atoms with Gasteiger partial charge in [0.15, 0.2) is 0 Å². The van der Waals surface area contributed by atoms with Gasteiger partial charge < -0.3 is 4.74 Å². The molecule has 111 valence electrons. The second kappa shape index (κ2) is 11.3. The van der Waals surface area contributed by atoms with Gasteiger partial charge in [-0.1, -0.05) is 64.7 Å². The topological polar surface area (TPSA) is 26.3 Å². The summed E-state index contributed by atoms with van der Waals surface area (Å²) in [6.07, 6.45) is 16.8. The first kappa shape index (κ1) is 16.5. The summed E-state index contributed by atoms with van der Waals surface area (Å²) in [7, 11) is 0. The average molecular weight is 267 g/mol. The third-order valence-corrected chi connectivity index (χ3v) is 4.05. The van der Waals surface area contributed by atoms with Crippen LogP contribution in [0.4, 0.5) is 0 Å². The van der Waals surface area contributed by atoms with E-state index in [9.17, 15) is 4.79 Å². The number of carbonyl (C=O) groups excluding carboxylic acids is 1. The molecule has 0 unspecified atom stereocenters. The second-order valence-electron chi connectivity index (χ2n) is 5.89. The molecule has 0 amide bonds. The van der Waals surface area contributed by atoms with Crippen molar-refractivity contribution in [3.05, 3.63) is 6.42 Å². The Kier molecular flexibility index (Phi) is 9.84. The molecule has 0 aromatic heterocycles. The van der Waals surface area contributed by atoms with Gasteiger partial charge in [0.2, 0.25) is 0 Å². The van der Waals surface area contributed by atoms with E-state index < -0.39 is 0 Å². The first-order valence-corrected chi connectivity index (χ1v) is 8.33. The van der Waals surface area contributed by atoms with Crippen molar-refractivity contribution in [2.75, 3.05) is 6.61 Å². The molecule has 0 spiro atoms. The largest absolute Gasteiger partial charge is 0.465 e. The molecular formula is C17H31O2. The Morgan fingerprint density at radius 2 is 1.68 bits per heavy atom. The van der Waals surface area contributed by atoms with Crippen molar-refractivity contribution >= 4 is 5.97 Å². The average Bonchev–Trinajstić information content (AvgIpc) is 2.93. The van der Waals surface area contributed by atoms with Crippen molar-refractivity contribution in [1.29, 1.82) is 0 Å². The zero-order valence-electron chi connectivity index (χ0n) is 12.7. The van der Waals surface area contributed by atoms with E-state index in [-0.39, 0.29) is 5.97 Å². The van der Waals surface area contributed by atoms with Gasteiger partial charge in [0.05, 0.1) is 13.0 Å². The van der Waals surface area contributed by atoms with Gasteiger partial charge in [-0.05, 0) is 25.2 Å². The van der Waals surface area contributed by atoms with Crippen LogP contribution >= 0.6 is 0 Å². The first-order chi connectivity index (χ1) is 9.33. The third kappa shape index (κ3) is 9.07. The van der Waals surface area contributed by atoms with Crippen LogP contribution in [0.1, 0.15) is 84.0 Å². The van der Waals surface area contributed by atoms with Gasteiger partial charge in [-0.3, -0.25) is 4.79 Å². The fourth-order valence-electron chi connectivity index (χ4n) is 2.76. The highest BCUT2D eigenvalue weighted by atomic mass is 16.5. The lowest BCUT2D eigenvalue weighted by Crippen LogP contribution is -2.12. The minimum atomic E-state index is -0.0992. The van der Waals surface area contributed by atoms with Gasteiger partial charge in [0.25, 0.3) is 0 Å². The molecule has 0 aromatic rings. The Bertz CT molecular complexity index is 219. The Hall–Kier alpha value is -0.530. The highest BCUT2D eigenvalue weighted by Crippen LogP contribution is 2.24. The molecule has 1 saturated carbocycles. The van der Waals surface area contributed by atoms with Gasteiger partial charge in [-0.2, -0.15) is 0 Å². The summed E-state index contributed by atoms with van der Waals surface area (Å²) in [4.78, 5) is 11.5. The summed E-state index contributed by atoms with van der Waals surface area (Å²) < 4.78 is 5.29. The molecule has 2 heteroatoms. The Morgan fingerprint density at radius 3 is 2.37 bits per heavy atom. The lowest BCUT2D eigenvalue weighted by Gasteiger charge is -2.09. The lowest BCUT2D eigenvalue weighted by atomic mass is 10.1. The summed E-state index contributed by atoms with van der Waals surface area (Å²) in [5, 5.41) is 0. The number of ether oxygens (including phenoxy) is 1. The van der Waals surface area contributed by atoms with Crippen molar-refractivity contribution in [2.24, 2.45) is 5.92 Å². The summed E-state index contributed by atoms with van der Waals surface area (Å²) >= 11 is 0. The number of hydrogen-bond donors (Lipinski definition) is 0. The van der Waals surface area contributed by atoms with Crippen LogP contribution in [0, 0.1) is 12.3 Å². The van der Waals surface area contributed by atoms with Gasteiger partial charge in [-0.15, -0.1) is 0 Å². The molecule has 1 rings (SSSR count). The maximum absolute atomic E-state index is 11.5. The summed E-state index contributed by atoms with van der Waals surface area (Å²) in [6.45, 7) is 2.89. The first-order valence-electron chi connectivity index (χ1n) is 8.33. The zero-order valence-corrected chi connectivity index (χ0v) is 12.7. The monoisotopic (exact) mass is 267 g/mol. The molecule has 1 fully saturated rings. The van der Waals surface area contributed by atoms with E-state index in [2.05, 4.69) is 6.92 Å². The van der Waals surface area contributed by atoms with Gasteiger partial charge in [0.1, 0.15) is 0 Å². The van der Waals surface area contributed by atoms with Crippen LogP contribution in [0.3, 0.4) is 0 Å². The number of hydrogen-bond acceptors (Lipinski definition) is 2. The van der Waals surface area contributed by atoms with Crippen molar-refractivity contribution in [2.45, 2.75) is 84.0 Å². The van der Waals surface area contributed by atoms with E-state index >= 15 is 0 Å². The fraction of sp³-hybridized carbons (Fsp3) is 0.882. The van der Waals surface area contributed by atoms with Crippen LogP contribution in [-0.4, -0.2) is 12.6 Å². The second-order valence-corrected chi connectivity index (χ2v) is 5.89. The van der Waals surface area contributed by atoms with Crippen LogP contribution in [0.15, 0.2) is 0 Å². The lowest BCUT2D eigenvalue weighted by molar-refractivity contribution is -0.141. The van der Waals surface area contributed by atoms with Gasteiger partial charge >= 0.3 is 5.97 Å². The molecule has 2 nitrogen and oxygen atoms in total. The zero-order chi connectivity index (χ0) is 13.8. The molecule has 1 radical (unpaired) electrons. The number of unbranched alkanes of at least 4 members (excludes halogenated alkanes) is 7. The third-order valence-electron chi connectivity index (χ3n) is 4.05. The highest BCUT2D eigenvalue weighted by molar-refractivity contribution is 5.78. The van der Waals surface area contributed by atoms with Crippen molar-refractivity contribution in [3.8, 4) is 0 Å². The fourth-order valence-corrected chi connectivity index (χ4v) is 2.76. The standard InChI is InChI=1S/C17H31O2/c1-2-3-4-5-6-7-8-9-14-17(18)19-15-16-12-10-11-13-16/h14,16H,2-13,15H2,1H3. The van der Waals surface area contributed by atoms with Crippen molar-refractivity contribution in [3.63, 3.8) is 0 Å². The Morgan fingerprint density at radius 1 is 1.05 bits per heavy atom. The van der Waals surface area contributed by atoms with E-state index in [1.165, 1.54) is 64.2 Å². The highest BCUT2D eigenvalue weighted by Gasteiger charge is 2.16. The minimum absolute atomic E-state index is 0.0992. The molecule has 1 aliphatic carbocycles. The van der Waals surface area contributed by atoms with E-state index in [0.29, 0.717) is 12.5 Å². The van der Waals surface area contributed by atoms with Crippen LogP contribution in [0.5, 0.6) is 0 Å². The summed E-state index contributed by atoms with van der Waals surface area (Å²) in [5.41, 5.74) is 0.